The SMILES string of the molecule is Cc1ccc(CCNC(=O)CCC#N)cc1. The average Bonchev–Trinajstić information content (AvgIpc) is 2.29. The second kappa shape index (κ2) is 6.62. The molecule has 0 aliphatic rings. The summed E-state index contributed by atoms with van der Waals surface area (Å²) in [7, 11) is 0. The summed E-state index contributed by atoms with van der Waals surface area (Å²) >= 11 is 0. The minimum atomic E-state index is -0.0475. The molecule has 16 heavy (non-hydrogen) atoms. The third kappa shape index (κ3) is 4.61. The van der Waals surface area contributed by atoms with Crippen molar-refractivity contribution in [2.45, 2.75) is 26.2 Å². The quantitative estimate of drug-likeness (QED) is 0.818. The molecule has 0 atom stereocenters. The van der Waals surface area contributed by atoms with Crippen LogP contribution in [0.1, 0.15) is 24.0 Å². The van der Waals surface area contributed by atoms with Crippen molar-refractivity contribution in [3.63, 3.8) is 0 Å². The highest BCUT2D eigenvalue weighted by Gasteiger charge is 1.99. The number of nitrogens with zero attached hydrogens (tertiary/aromatic N) is 1. The lowest BCUT2D eigenvalue weighted by Gasteiger charge is -2.04. The minimum absolute atomic E-state index is 0.0475. The van der Waals surface area contributed by atoms with Gasteiger partial charge in [0.1, 0.15) is 0 Å². The van der Waals surface area contributed by atoms with Gasteiger partial charge in [-0.2, -0.15) is 5.26 Å². The molecule has 84 valence electrons. The monoisotopic (exact) mass is 216 g/mol. The predicted octanol–water partition coefficient (Wildman–Crippen LogP) is 1.96. The van der Waals surface area contributed by atoms with E-state index in [0.717, 1.165) is 6.42 Å². The van der Waals surface area contributed by atoms with Crippen LogP contribution in [0.5, 0.6) is 0 Å². The van der Waals surface area contributed by atoms with Crippen LogP contribution in [0.2, 0.25) is 0 Å². The van der Waals surface area contributed by atoms with Crippen molar-refractivity contribution in [2.75, 3.05) is 6.54 Å². The molecule has 1 aromatic rings. The number of carbonyl (C=O) groups excluding carboxylic acids is 1. The number of benzene rings is 1. The molecular formula is C13H16N2O. The van der Waals surface area contributed by atoms with Gasteiger partial charge in [0.05, 0.1) is 6.07 Å². The first-order chi connectivity index (χ1) is 7.72. The highest BCUT2D eigenvalue weighted by atomic mass is 16.1. The Morgan fingerprint density at radius 2 is 2.06 bits per heavy atom. The molecule has 0 saturated carbocycles. The minimum Gasteiger partial charge on any atom is -0.356 e. The smallest absolute Gasteiger partial charge is 0.221 e. The molecule has 0 aromatic heterocycles. The average molecular weight is 216 g/mol. The lowest BCUT2D eigenvalue weighted by Crippen LogP contribution is -2.25. The maximum Gasteiger partial charge on any atom is 0.221 e. The Morgan fingerprint density at radius 3 is 2.69 bits per heavy atom. The third-order valence-electron chi connectivity index (χ3n) is 2.32. The Balaban J connectivity index is 2.23. The zero-order valence-corrected chi connectivity index (χ0v) is 9.49. The standard InChI is InChI=1S/C13H16N2O/c1-11-4-6-12(7-5-11)8-10-15-13(16)3-2-9-14/h4-7H,2-3,8,10H2,1H3,(H,15,16). The number of carbonyl (C=O) groups is 1. The van der Waals surface area contributed by atoms with Crippen LogP contribution in [0.3, 0.4) is 0 Å². The van der Waals surface area contributed by atoms with E-state index in [1.54, 1.807) is 0 Å². The van der Waals surface area contributed by atoms with Gasteiger partial charge in [0.2, 0.25) is 5.91 Å². The lowest BCUT2D eigenvalue weighted by molar-refractivity contribution is -0.120. The van der Waals surface area contributed by atoms with Gasteiger partial charge in [-0.1, -0.05) is 29.8 Å². The molecule has 1 aromatic carbocycles. The van der Waals surface area contributed by atoms with Crippen molar-refractivity contribution in [1.82, 2.24) is 5.32 Å². The fourth-order valence-electron chi connectivity index (χ4n) is 1.36. The molecule has 0 aliphatic heterocycles. The molecule has 0 spiro atoms. The number of amides is 1. The van der Waals surface area contributed by atoms with Crippen LogP contribution < -0.4 is 5.32 Å². The number of aryl methyl sites for hydroxylation is 1. The molecule has 1 amide bonds. The molecular weight excluding hydrogens is 200 g/mol. The molecule has 1 rings (SSSR count). The topological polar surface area (TPSA) is 52.9 Å². The molecule has 3 nitrogen and oxygen atoms in total. The van der Waals surface area contributed by atoms with E-state index >= 15 is 0 Å². The number of rotatable bonds is 5. The van der Waals surface area contributed by atoms with Crippen molar-refractivity contribution in [3.8, 4) is 6.07 Å². The highest BCUT2D eigenvalue weighted by Crippen LogP contribution is 2.03. The van der Waals surface area contributed by atoms with E-state index in [0.29, 0.717) is 13.0 Å². The predicted molar refractivity (Wildman–Crippen MR) is 62.7 cm³/mol. The number of nitriles is 1. The fourth-order valence-corrected chi connectivity index (χ4v) is 1.36. The van der Waals surface area contributed by atoms with Gasteiger partial charge < -0.3 is 5.32 Å². The first-order valence-corrected chi connectivity index (χ1v) is 5.41. The maximum atomic E-state index is 11.2. The van der Waals surface area contributed by atoms with E-state index in [-0.39, 0.29) is 12.3 Å². The first kappa shape index (κ1) is 12.3. The van der Waals surface area contributed by atoms with Crippen LogP contribution in [0.4, 0.5) is 0 Å². The summed E-state index contributed by atoms with van der Waals surface area (Å²) in [4.78, 5) is 11.2. The number of hydrogen-bond acceptors (Lipinski definition) is 2. The van der Waals surface area contributed by atoms with E-state index < -0.39 is 0 Å². The van der Waals surface area contributed by atoms with Crippen molar-refractivity contribution < 1.29 is 4.79 Å². The van der Waals surface area contributed by atoms with Crippen LogP contribution in [0, 0.1) is 18.3 Å². The van der Waals surface area contributed by atoms with Gasteiger partial charge in [0.15, 0.2) is 0 Å². The second-order valence-corrected chi connectivity index (χ2v) is 3.74. The normalized spacial score (nSPS) is 9.50. The Hall–Kier alpha value is -1.82. The summed E-state index contributed by atoms with van der Waals surface area (Å²) in [6, 6.07) is 10.2. The molecule has 0 saturated heterocycles. The van der Waals surface area contributed by atoms with Gasteiger partial charge in [-0.25, -0.2) is 0 Å². The van der Waals surface area contributed by atoms with Crippen LogP contribution in [0.15, 0.2) is 24.3 Å². The second-order valence-electron chi connectivity index (χ2n) is 3.74. The summed E-state index contributed by atoms with van der Waals surface area (Å²) in [5.41, 5.74) is 2.45. The third-order valence-corrected chi connectivity index (χ3v) is 2.32. The fraction of sp³-hybridized carbons (Fsp3) is 0.385. The van der Waals surface area contributed by atoms with Gasteiger partial charge in [-0.3, -0.25) is 4.79 Å². The molecule has 0 fully saturated rings. The van der Waals surface area contributed by atoms with Gasteiger partial charge in [0.25, 0.3) is 0 Å². The first-order valence-electron chi connectivity index (χ1n) is 5.41. The van der Waals surface area contributed by atoms with E-state index in [9.17, 15) is 4.79 Å². The van der Waals surface area contributed by atoms with E-state index in [4.69, 9.17) is 5.26 Å². The van der Waals surface area contributed by atoms with Crippen LogP contribution >= 0.6 is 0 Å². The largest absolute Gasteiger partial charge is 0.356 e. The molecule has 1 N–H and O–H groups in total. The maximum absolute atomic E-state index is 11.2. The molecule has 0 heterocycles. The van der Waals surface area contributed by atoms with Gasteiger partial charge in [0, 0.05) is 19.4 Å². The van der Waals surface area contributed by atoms with Gasteiger partial charge in [-0.05, 0) is 18.9 Å². The van der Waals surface area contributed by atoms with Gasteiger partial charge in [-0.15, -0.1) is 0 Å². The number of nitrogens with one attached hydrogen (secondary N) is 1. The summed E-state index contributed by atoms with van der Waals surface area (Å²) in [6.07, 6.45) is 1.42. The van der Waals surface area contributed by atoms with Crippen LogP contribution in [-0.4, -0.2) is 12.5 Å². The van der Waals surface area contributed by atoms with Gasteiger partial charge >= 0.3 is 0 Å². The number of hydrogen-bond donors (Lipinski definition) is 1. The van der Waals surface area contributed by atoms with Crippen molar-refractivity contribution in [3.05, 3.63) is 35.4 Å². The zero-order chi connectivity index (χ0) is 11.8. The van der Waals surface area contributed by atoms with Crippen molar-refractivity contribution in [1.29, 1.82) is 5.26 Å². The van der Waals surface area contributed by atoms with E-state index in [1.807, 2.05) is 13.0 Å². The summed E-state index contributed by atoms with van der Waals surface area (Å²) in [6.45, 7) is 2.68. The lowest BCUT2D eigenvalue weighted by atomic mass is 10.1. The summed E-state index contributed by atoms with van der Waals surface area (Å²) in [5.74, 6) is -0.0475. The van der Waals surface area contributed by atoms with Crippen LogP contribution in [-0.2, 0) is 11.2 Å². The highest BCUT2D eigenvalue weighted by molar-refractivity contribution is 5.76. The molecule has 0 radical (unpaired) electrons. The Kier molecular flexibility index (Phi) is 5.07. The summed E-state index contributed by atoms with van der Waals surface area (Å²) in [5, 5.41) is 11.1. The molecule has 0 aliphatic carbocycles. The zero-order valence-electron chi connectivity index (χ0n) is 9.49. The Bertz CT molecular complexity index is 376. The molecule has 0 unspecified atom stereocenters. The Morgan fingerprint density at radius 1 is 1.38 bits per heavy atom. The Labute approximate surface area is 96.1 Å². The van der Waals surface area contributed by atoms with Crippen molar-refractivity contribution in [2.24, 2.45) is 0 Å². The summed E-state index contributed by atoms with van der Waals surface area (Å²) < 4.78 is 0. The molecule has 0 bridgehead atoms. The van der Waals surface area contributed by atoms with E-state index in [2.05, 4.69) is 29.6 Å². The molecule has 3 heteroatoms. The van der Waals surface area contributed by atoms with Crippen LogP contribution in [0.25, 0.3) is 0 Å². The van der Waals surface area contributed by atoms with Crippen molar-refractivity contribution >= 4 is 5.91 Å². The van der Waals surface area contributed by atoms with E-state index in [1.165, 1.54) is 11.1 Å².